The van der Waals surface area contributed by atoms with Crippen LogP contribution in [-0.4, -0.2) is 28.8 Å². The van der Waals surface area contributed by atoms with Crippen LogP contribution in [0.4, 0.5) is 4.79 Å². The van der Waals surface area contributed by atoms with Gasteiger partial charge in [-0.15, -0.1) is 5.06 Å². The maximum Gasteiger partial charge on any atom is 0.426 e. The van der Waals surface area contributed by atoms with Crippen molar-refractivity contribution in [2.24, 2.45) is 0 Å². The first-order valence-corrected chi connectivity index (χ1v) is 9.06. The molecule has 1 fully saturated rings. The van der Waals surface area contributed by atoms with Crippen molar-refractivity contribution in [3.63, 3.8) is 0 Å². The number of unbranched alkanes of at least 4 members (excludes halogenated alkanes) is 5. The molecule has 22 heavy (non-hydrogen) atoms. The molecule has 130 valence electrons. The topological polar surface area (TPSA) is 41.6 Å². The van der Waals surface area contributed by atoms with E-state index in [9.17, 15) is 4.79 Å². The van der Waals surface area contributed by atoms with Crippen molar-refractivity contribution >= 4 is 6.09 Å². The molecule has 0 saturated carbocycles. The Morgan fingerprint density at radius 2 is 1.55 bits per heavy atom. The number of amides is 1. The van der Waals surface area contributed by atoms with E-state index in [4.69, 9.17) is 4.84 Å². The maximum absolute atomic E-state index is 12.0. The van der Waals surface area contributed by atoms with E-state index in [2.05, 4.69) is 39.9 Å². The van der Waals surface area contributed by atoms with Crippen LogP contribution in [0, 0.1) is 0 Å². The molecule has 0 aromatic heterocycles. The van der Waals surface area contributed by atoms with Gasteiger partial charge in [-0.1, -0.05) is 39.0 Å². The van der Waals surface area contributed by atoms with E-state index in [1.807, 2.05) is 5.06 Å². The van der Waals surface area contributed by atoms with Gasteiger partial charge in [0.15, 0.2) is 0 Å². The van der Waals surface area contributed by atoms with Crippen LogP contribution < -0.4 is 5.32 Å². The fraction of sp³-hybridized carbons (Fsp3) is 0.944. The Morgan fingerprint density at radius 3 is 2.14 bits per heavy atom. The van der Waals surface area contributed by atoms with Crippen LogP contribution in [0.3, 0.4) is 0 Å². The Balaban J connectivity index is 2.28. The number of rotatable bonds is 8. The quantitative estimate of drug-likeness (QED) is 0.639. The van der Waals surface area contributed by atoms with Gasteiger partial charge in [0.1, 0.15) is 0 Å². The number of hydrogen-bond acceptors (Lipinski definition) is 3. The molecule has 0 bridgehead atoms. The van der Waals surface area contributed by atoms with E-state index in [1.165, 1.54) is 38.5 Å². The first kappa shape index (κ1) is 19.3. The van der Waals surface area contributed by atoms with E-state index >= 15 is 0 Å². The van der Waals surface area contributed by atoms with Crippen molar-refractivity contribution in [3.05, 3.63) is 0 Å². The Hall–Kier alpha value is -0.770. The Bertz CT molecular complexity index is 324. The van der Waals surface area contributed by atoms with Crippen LogP contribution in [0.25, 0.3) is 0 Å². The van der Waals surface area contributed by atoms with Crippen LogP contribution in [-0.2, 0) is 4.84 Å². The lowest BCUT2D eigenvalue weighted by molar-refractivity contribution is -0.239. The van der Waals surface area contributed by atoms with Gasteiger partial charge in [0, 0.05) is 6.54 Å². The molecular weight excluding hydrogens is 276 g/mol. The van der Waals surface area contributed by atoms with E-state index in [-0.39, 0.29) is 17.2 Å². The molecule has 0 aromatic rings. The van der Waals surface area contributed by atoms with E-state index < -0.39 is 0 Å². The number of nitrogens with one attached hydrogen (secondary N) is 1. The van der Waals surface area contributed by atoms with Crippen LogP contribution >= 0.6 is 0 Å². The minimum Gasteiger partial charge on any atom is -0.350 e. The lowest BCUT2D eigenvalue weighted by atomic mass is 9.82. The summed E-state index contributed by atoms with van der Waals surface area (Å²) in [6, 6.07) is 0. The molecule has 1 aliphatic rings. The zero-order chi connectivity index (χ0) is 16.6. The fourth-order valence-corrected chi connectivity index (χ4v) is 3.43. The highest BCUT2D eigenvalue weighted by Crippen LogP contribution is 2.38. The second-order valence-electron chi connectivity index (χ2n) is 7.85. The fourth-order valence-electron chi connectivity index (χ4n) is 3.43. The van der Waals surface area contributed by atoms with Gasteiger partial charge in [-0.3, -0.25) is 0 Å². The number of hydrogen-bond donors (Lipinski definition) is 1. The summed E-state index contributed by atoms with van der Waals surface area (Å²) >= 11 is 0. The molecule has 0 radical (unpaired) electrons. The van der Waals surface area contributed by atoms with Gasteiger partial charge in [0.25, 0.3) is 0 Å². The zero-order valence-corrected chi connectivity index (χ0v) is 15.3. The molecule has 4 nitrogen and oxygen atoms in total. The maximum atomic E-state index is 12.0. The highest BCUT2D eigenvalue weighted by molar-refractivity contribution is 5.66. The Morgan fingerprint density at radius 1 is 1.00 bits per heavy atom. The Labute approximate surface area is 136 Å². The van der Waals surface area contributed by atoms with Crippen LogP contribution in [0.5, 0.6) is 0 Å². The predicted octanol–water partition coefficient (Wildman–Crippen LogP) is 5.03. The van der Waals surface area contributed by atoms with E-state index in [1.54, 1.807) is 0 Å². The molecule has 1 aliphatic heterocycles. The minimum atomic E-state index is -0.309. The highest BCUT2D eigenvalue weighted by Gasteiger charge is 2.44. The number of carbonyl (C=O) groups is 1. The molecule has 4 heteroatoms. The molecular formula is C18H36N2O2. The van der Waals surface area contributed by atoms with Crippen LogP contribution in [0.2, 0.25) is 0 Å². The first-order chi connectivity index (χ1) is 10.3. The smallest absolute Gasteiger partial charge is 0.350 e. The second kappa shape index (κ2) is 8.76. The van der Waals surface area contributed by atoms with Crippen LogP contribution in [0.1, 0.15) is 92.4 Å². The summed E-state index contributed by atoms with van der Waals surface area (Å²) < 4.78 is 0. The van der Waals surface area contributed by atoms with Crippen LogP contribution in [0.15, 0.2) is 0 Å². The van der Waals surface area contributed by atoms with Gasteiger partial charge in [-0.25, -0.2) is 4.79 Å². The van der Waals surface area contributed by atoms with E-state index in [0.29, 0.717) is 6.54 Å². The van der Waals surface area contributed by atoms with Crippen molar-refractivity contribution in [1.82, 2.24) is 10.4 Å². The number of piperidine rings is 1. The summed E-state index contributed by atoms with van der Waals surface area (Å²) in [5, 5.41) is 4.80. The third-order valence-corrected chi connectivity index (χ3v) is 4.65. The zero-order valence-electron chi connectivity index (χ0n) is 15.3. The molecule has 0 aromatic carbocycles. The average Bonchev–Trinajstić information content (AvgIpc) is 2.41. The molecule has 1 saturated heterocycles. The van der Waals surface area contributed by atoms with Crippen molar-refractivity contribution in [3.8, 4) is 0 Å². The average molecular weight is 312 g/mol. The first-order valence-electron chi connectivity index (χ1n) is 9.06. The molecule has 0 spiro atoms. The van der Waals surface area contributed by atoms with Gasteiger partial charge >= 0.3 is 6.09 Å². The molecule has 0 atom stereocenters. The van der Waals surface area contributed by atoms with Crippen molar-refractivity contribution < 1.29 is 9.63 Å². The highest BCUT2D eigenvalue weighted by atomic mass is 16.7. The van der Waals surface area contributed by atoms with Gasteiger partial charge in [0.2, 0.25) is 0 Å². The summed E-state index contributed by atoms with van der Waals surface area (Å²) in [5.41, 5.74) is -0.196. The van der Waals surface area contributed by atoms with Crippen molar-refractivity contribution in [2.45, 2.75) is 103 Å². The van der Waals surface area contributed by atoms with E-state index in [0.717, 1.165) is 19.3 Å². The van der Waals surface area contributed by atoms with Gasteiger partial charge in [-0.05, 0) is 53.4 Å². The summed E-state index contributed by atoms with van der Waals surface area (Å²) in [7, 11) is 0. The predicted molar refractivity (Wildman–Crippen MR) is 91.7 cm³/mol. The third-order valence-electron chi connectivity index (χ3n) is 4.65. The normalized spacial score (nSPS) is 20.6. The SMILES string of the molecule is CCCCCCCCNC(=O)ON1C(C)(C)CCCC1(C)C. The minimum absolute atomic E-state index is 0.0980. The molecule has 1 N–H and O–H groups in total. The van der Waals surface area contributed by atoms with Gasteiger partial charge in [-0.2, -0.15) is 0 Å². The van der Waals surface area contributed by atoms with Crippen molar-refractivity contribution in [1.29, 1.82) is 0 Å². The van der Waals surface area contributed by atoms with Gasteiger partial charge in [0.05, 0.1) is 11.1 Å². The molecule has 0 unspecified atom stereocenters. The summed E-state index contributed by atoms with van der Waals surface area (Å²) in [6.07, 6.45) is 10.3. The molecule has 0 aliphatic carbocycles. The number of hydroxylamine groups is 2. The summed E-state index contributed by atoms with van der Waals surface area (Å²) in [5.74, 6) is 0. The largest absolute Gasteiger partial charge is 0.426 e. The standard InChI is InChI=1S/C18H36N2O2/c1-6-7-8-9-10-11-15-19-16(21)22-20-17(2,3)13-12-14-18(20,4)5/h6-15H2,1-5H3,(H,19,21). The van der Waals surface area contributed by atoms with Gasteiger partial charge < -0.3 is 10.2 Å². The third kappa shape index (κ3) is 6.15. The lowest BCUT2D eigenvalue weighted by Crippen LogP contribution is -2.59. The number of carbonyl (C=O) groups excluding carboxylic acids is 1. The lowest BCUT2D eigenvalue weighted by Gasteiger charge is -2.50. The molecule has 1 amide bonds. The van der Waals surface area contributed by atoms with Crippen molar-refractivity contribution in [2.75, 3.05) is 6.54 Å². The summed E-state index contributed by atoms with van der Waals surface area (Å²) in [4.78, 5) is 17.7. The molecule has 1 rings (SSSR count). The second-order valence-corrected chi connectivity index (χ2v) is 7.85. The summed E-state index contributed by atoms with van der Waals surface area (Å²) in [6.45, 7) is 11.5. The Kier molecular flexibility index (Phi) is 7.67. The number of nitrogens with zero attached hydrogens (tertiary/aromatic N) is 1. The monoisotopic (exact) mass is 312 g/mol. The molecule has 1 heterocycles.